The molecule has 0 aliphatic heterocycles. The summed E-state index contributed by atoms with van der Waals surface area (Å²) < 4.78 is 9.11. The van der Waals surface area contributed by atoms with E-state index in [-0.39, 0.29) is 34.8 Å². The van der Waals surface area contributed by atoms with Gasteiger partial charge in [-0.25, -0.2) is 0 Å². The summed E-state index contributed by atoms with van der Waals surface area (Å²) in [6.45, 7) is 1.86. The van der Waals surface area contributed by atoms with Gasteiger partial charge in [-0.3, -0.25) is 14.4 Å². The Hall–Kier alpha value is -3.14. The van der Waals surface area contributed by atoms with Gasteiger partial charge in [0.15, 0.2) is 5.69 Å². The molecular formula is C22H29N5O4S. The number of aromatic nitrogens is 1. The number of rotatable bonds is 8. The van der Waals surface area contributed by atoms with E-state index in [1.807, 2.05) is 12.1 Å². The summed E-state index contributed by atoms with van der Waals surface area (Å²) >= 11 is 0.804. The van der Waals surface area contributed by atoms with Crippen molar-refractivity contribution in [1.29, 1.82) is 0 Å². The molecule has 0 radical (unpaired) electrons. The molecule has 1 aromatic carbocycles. The third kappa shape index (κ3) is 5.37. The third-order valence-corrected chi connectivity index (χ3v) is 6.58. The first-order valence-electron chi connectivity index (χ1n) is 10.6. The first-order chi connectivity index (χ1) is 15.3. The Balaban J connectivity index is 1.86. The minimum Gasteiger partial charge on any atom is -0.497 e. The highest BCUT2D eigenvalue weighted by Crippen LogP contribution is 2.26. The Morgan fingerprint density at radius 1 is 1.22 bits per heavy atom. The largest absolute Gasteiger partial charge is 0.497 e. The van der Waals surface area contributed by atoms with Crippen LogP contribution in [0.2, 0.25) is 0 Å². The Labute approximate surface area is 191 Å². The zero-order valence-corrected chi connectivity index (χ0v) is 19.1. The minimum atomic E-state index is -0.803. The van der Waals surface area contributed by atoms with Crippen LogP contribution in [0.5, 0.6) is 5.75 Å². The van der Waals surface area contributed by atoms with Gasteiger partial charge in [0.2, 0.25) is 5.91 Å². The molecule has 0 bridgehead atoms. The number of methoxy groups -OCH3 is 1. The van der Waals surface area contributed by atoms with Crippen molar-refractivity contribution in [3.63, 3.8) is 0 Å². The van der Waals surface area contributed by atoms with Crippen molar-refractivity contribution in [2.75, 3.05) is 12.8 Å². The molecule has 1 atom stereocenters. The molecule has 5 N–H and O–H groups in total. The lowest BCUT2D eigenvalue weighted by molar-refractivity contribution is -0.126. The van der Waals surface area contributed by atoms with Crippen LogP contribution in [0.3, 0.4) is 0 Å². The highest BCUT2D eigenvalue weighted by molar-refractivity contribution is 7.09. The van der Waals surface area contributed by atoms with Crippen molar-refractivity contribution < 1.29 is 19.1 Å². The molecule has 32 heavy (non-hydrogen) atoms. The lowest BCUT2D eigenvalue weighted by atomic mass is 9.95. The zero-order chi connectivity index (χ0) is 23.3. The van der Waals surface area contributed by atoms with Crippen LogP contribution in [0, 0.1) is 0 Å². The van der Waals surface area contributed by atoms with Gasteiger partial charge in [0.1, 0.15) is 16.7 Å². The monoisotopic (exact) mass is 459 g/mol. The molecule has 1 aromatic heterocycles. The van der Waals surface area contributed by atoms with Crippen LogP contribution < -0.4 is 21.5 Å². The second-order valence-corrected chi connectivity index (χ2v) is 8.71. The molecule has 1 fully saturated rings. The van der Waals surface area contributed by atoms with E-state index < -0.39 is 17.9 Å². The average Bonchev–Trinajstić information content (AvgIpc) is 3.19. The predicted molar refractivity (Wildman–Crippen MR) is 122 cm³/mol. The van der Waals surface area contributed by atoms with Crippen molar-refractivity contribution in [1.82, 2.24) is 14.6 Å². The van der Waals surface area contributed by atoms with E-state index in [1.165, 1.54) is 11.3 Å². The lowest BCUT2D eigenvalue weighted by Crippen LogP contribution is -2.50. The zero-order valence-electron chi connectivity index (χ0n) is 18.3. The molecule has 3 amide bonds. The number of anilines is 1. The second kappa shape index (κ2) is 10.4. The quantitative estimate of drug-likeness (QED) is 0.553. The fourth-order valence-corrected chi connectivity index (χ4v) is 4.54. The number of carbonyl (C=O) groups is 3. The van der Waals surface area contributed by atoms with Crippen LogP contribution in [0.25, 0.3) is 0 Å². The number of hydrogen-bond acceptors (Lipinski definition) is 7. The van der Waals surface area contributed by atoms with Crippen LogP contribution in [-0.4, -0.2) is 46.2 Å². The topological polar surface area (TPSA) is 141 Å². The van der Waals surface area contributed by atoms with Crippen molar-refractivity contribution in [3.05, 3.63) is 40.4 Å². The smallest absolute Gasteiger partial charge is 0.270 e. The minimum absolute atomic E-state index is 0.0629. The molecule has 1 aliphatic carbocycles. The fourth-order valence-electron chi connectivity index (χ4n) is 3.78. The number of benzene rings is 1. The molecule has 1 aliphatic rings. The van der Waals surface area contributed by atoms with Gasteiger partial charge in [0, 0.05) is 12.6 Å². The number of nitrogens with two attached hydrogens (primary N) is 2. The third-order valence-electron chi connectivity index (χ3n) is 5.73. The molecule has 9 nitrogen and oxygen atoms in total. The highest BCUT2D eigenvalue weighted by atomic mass is 32.1. The molecule has 3 rings (SSSR count). The number of amides is 3. The standard InChI is InChI=1S/C22H29N5O4S/c1-13(21(29)25-15-6-4-3-5-7-15)27(12-14-8-10-16(31-2)11-9-14)22(30)19-17(23)18(20(24)28)26-32-19/h8-11,13,15H,3-7,12,23H2,1-2H3,(H2,24,28)(H,25,29)/t13-/m0/s1. The van der Waals surface area contributed by atoms with E-state index in [0.717, 1.165) is 42.8 Å². The van der Waals surface area contributed by atoms with E-state index >= 15 is 0 Å². The van der Waals surface area contributed by atoms with Crippen molar-refractivity contribution >= 4 is 34.9 Å². The van der Waals surface area contributed by atoms with Gasteiger partial charge in [-0.05, 0) is 49.0 Å². The SMILES string of the molecule is COc1ccc(CN(C(=O)c2snc(C(N)=O)c2N)[C@@H](C)C(=O)NC2CCCCC2)cc1. The van der Waals surface area contributed by atoms with Gasteiger partial charge in [0.25, 0.3) is 11.8 Å². The van der Waals surface area contributed by atoms with Crippen LogP contribution >= 0.6 is 11.5 Å². The van der Waals surface area contributed by atoms with E-state index in [4.69, 9.17) is 16.2 Å². The van der Waals surface area contributed by atoms with Gasteiger partial charge in [-0.2, -0.15) is 4.37 Å². The molecule has 1 saturated carbocycles. The van der Waals surface area contributed by atoms with E-state index in [0.29, 0.717) is 5.75 Å². The molecule has 0 spiro atoms. The average molecular weight is 460 g/mol. The summed E-state index contributed by atoms with van der Waals surface area (Å²) in [5.74, 6) is -0.818. The number of nitrogen functional groups attached to an aromatic ring is 1. The number of primary amides is 1. The second-order valence-electron chi connectivity index (χ2n) is 7.94. The number of nitrogens with zero attached hydrogens (tertiary/aromatic N) is 2. The normalized spacial score (nSPS) is 15.1. The highest BCUT2D eigenvalue weighted by Gasteiger charge is 2.32. The molecule has 10 heteroatoms. The van der Waals surface area contributed by atoms with Gasteiger partial charge in [0.05, 0.1) is 12.8 Å². The summed E-state index contributed by atoms with van der Waals surface area (Å²) in [4.78, 5) is 39.5. The number of nitrogens with one attached hydrogen (secondary N) is 1. The van der Waals surface area contributed by atoms with Crippen LogP contribution in [0.1, 0.15) is 64.8 Å². The molecule has 2 aromatic rings. The Morgan fingerprint density at radius 2 is 1.88 bits per heavy atom. The lowest BCUT2D eigenvalue weighted by Gasteiger charge is -2.31. The number of carbonyl (C=O) groups excluding carboxylic acids is 3. The Kier molecular flexibility index (Phi) is 7.68. The van der Waals surface area contributed by atoms with Crippen LogP contribution in [0.4, 0.5) is 5.69 Å². The Morgan fingerprint density at radius 3 is 2.44 bits per heavy atom. The predicted octanol–water partition coefficient (Wildman–Crippen LogP) is 2.31. The van der Waals surface area contributed by atoms with E-state index in [9.17, 15) is 14.4 Å². The van der Waals surface area contributed by atoms with Gasteiger partial charge < -0.3 is 26.4 Å². The fraction of sp³-hybridized carbons (Fsp3) is 0.455. The van der Waals surface area contributed by atoms with Crippen LogP contribution in [-0.2, 0) is 11.3 Å². The first kappa shape index (κ1) is 23.5. The maximum Gasteiger partial charge on any atom is 0.270 e. The van der Waals surface area contributed by atoms with Gasteiger partial charge in [-0.15, -0.1) is 0 Å². The van der Waals surface area contributed by atoms with Crippen molar-refractivity contribution in [3.8, 4) is 5.75 Å². The molecule has 0 saturated heterocycles. The maximum atomic E-state index is 13.4. The molecule has 1 heterocycles. The van der Waals surface area contributed by atoms with Crippen LogP contribution in [0.15, 0.2) is 24.3 Å². The molecule has 172 valence electrons. The first-order valence-corrected chi connectivity index (χ1v) is 11.4. The molecule has 0 unspecified atom stereocenters. The number of ether oxygens (including phenoxy) is 1. The molecular weight excluding hydrogens is 430 g/mol. The summed E-state index contributed by atoms with van der Waals surface area (Å²) in [5.41, 5.74) is 11.9. The summed E-state index contributed by atoms with van der Waals surface area (Å²) in [6, 6.07) is 6.59. The van der Waals surface area contributed by atoms with Gasteiger partial charge >= 0.3 is 0 Å². The van der Waals surface area contributed by atoms with Crippen molar-refractivity contribution in [2.24, 2.45) is 5.73 Å². The summed E-state index contributed by atoms with van der Waals surface area (Å²) in [5, 5.41) is 3.08. The number of hydrogen-bond donors (Lipinski definition) is 3. The summed E-state index contributed by atoms with van der Waals surface area (Å²) in [7, 11) is 1.57. The maximum absolute atomic E-state index is 13.4. The van der Waals surface area contributed by atoms with E-state index in [2.05, 4.69) is 9.69 Å². The van der Waals surface area contributed by atoms with E-state index in [1.54, 1.807) is 26.2 Å². The summed E-state index contributed by atoms with van der Waals surface area (Å²) in [6.07, 6.45) is 5.22. The van der Waals surface area contributed by atoms with Gasteiger partial charge in [-0.1, -0.05) is 31.4 Å². The Bertz CT molecular complexity index is 969. The van der Waals surface area contributed by atoms with Crippen molar-refractivity contribution in [2.45, 2.75) is 57.7 Å².